The Labute approximate surface area is 161 Å². The smallest absolute Gasteiger partial charge is 0.269 e. The van der Waals surface area contributed by atoms with Crippen LogP contribution in [0.15, 0.2) is 42.5 Å². The summed E-state index contributed by atoms with van der Waals surface area (Å²) in [5, 5.41) is 2.54. The van der Waals surface area contributed by atoms with Crippen molar-refractivity contribution in [1.82, 2.24) is 10.9 Å². The van der Waals surface area contributed by atoms with Crippen LogP contribution in [0.2, 0.25) is 0 Å². The number of rotatable bonds is 4. The predicted octanol–water partition coefficient (Wildman–Crippen LogP) is 2.50. The van der Waals surface area contributed by atoms with Crippen molar-refractivity contribution < 1.29 is 23.5 Å². The SMILES string of the molecule is CC(C)Oc1ccc(C(=O)NNC(=O)C2CC(=O)Nc3cc(F)ccc32)cc1. The molecule has 0 aliphatic carbocycles. The zero-order valence-corrected chi connectivity index (χ0v) is 15.4. The van der Waals surface area contributed by atoms with Crippen LogP contribution < -0.4 is 20.9 Å². The fourth-order valence-electron chi connectivity index (χ4n) is 2.91. The zero-order valence-electron chi connectivity index (χ0n) is 15.4. The summed E-state index contributed by atoms with van der Waals surface area (Å²) < 4.78 is 18.9. The van der Waals surface area contributed by atoms with Crippen molar-refractivity contribution in [2.75, 3.05) is 5.32 Å². The number of halogens is 1. The summed E-state index contributed by atoms with van der Waals surface area (Å²) in [6, 6.07) is 10.3. The number of fused-ring (bicyclic) bond motifs is 1. The van der Waals surface area contributed by atoms with Crippen molar-refractivity contribution in [2.45, 2.75) is 32.3 Å². The molecule has 8 heteroatoms. The van der Waals surface area contributed by atoms with Crippen molar-refractivity contribution in [3.8, 4) is 5.75 Å². The highest BCUT2D eigenvalue weighted by molar-refractivity contribution is 6.02. The third-order valence-electron chi connectivity index (χ3n) is 4.16. The molecule has 0 fully saturated rings. The molecule has 3 rings (SSSR count). The number of nitrogens with one attached hydrogen (secondary N) is 3. The Hall–Kier alpha value is -3.42. The first-order valence-electron chi connectivity index (χ1n) is 8.79. The van der Waals surface area contributed by atoms with E-state index in [0.29, 0.717) is 16.9 Å². The predicted molar refractivity (Wildman–Crippen MR) is 100 cm³/mol. The molecule has 2 aromatic carbocycles. The maximum absolute atomic E-state index is 13.4. The third-order valence-corrected chi connectivity index (χ3v) is 4.16. The summed E-state index contributed by atoms with van der Waals surface area (Å²) in [5.41, 5.74) is 5.73. The van der Waals surface area contributed by atoms with Crippen molar-refractivity contribution in [2.24, 2.45) is 0 Å². The molecule has 0 saturated carbocycles. The Kier molecular flexibility index (Phi) is 5.58. The van der Waals surface area contributed by atoms with Crippen LogP contribution in [-0.2, 0) is 9.59 Å². The number of anilines is 1. The molecule has 0 saturated heterocycles. The van der Waals surface area contributed by atoms with E-state index in [9.17, 15) is 18.8 Å². The van der Waals surface area contributed by atoms with Gasteiger partial charge in [0, 0.05) is 17.7 Å². The van der Waals surface area contributed by atoms with E-state index in [1.165, 1.54) is 12.1 Å². The molecule has 146 valence electrons. The summed E-state index contributed by atoms with van der Waals surface area (Å²) in [6.07, 6.45) is -0.0790. The third kappa shape index (κ3) is 4.46. The molecule has 0 aromatic heterocycles. The molecule has 3 amide bonds. The number of carbonyl (C=O) groups excluding carboxylic acids is 3. The van der Waals surface area contributed by atoms with Crippen molar-refractivity contribution in [3.05, 3.63) is 59.4 Å². The van der Waals surface area contributed by atoms with E-state index in [1.54, 1.807) is 24.3 Å². The lowest BCUT2D eigenvalue weighted by Gasteiger charge is -2.24. The Morgan fingerprint density at radius 3 is 2.54 bits per heavy atom. The first-order chi connectivity index (χ1) is 13.3. The lowest BCUT2D eigenvalue weighted by Crippen LogP contribution is -2.45. The Morgan fingerprint density at radius 1 is 1.14 bits per heavy atom. The first kappa shape index (κ1) is 19.3. The quantitative estimate of drug-likeness (QED) is 0.705. The van der Waals surface area contributed by atoms with E-state index in [-0.39, 0.29) is 18.2 Å². The average Bonchev–Trinajstić information content (AvgIpc) is 2.65. The minimum absolute atomic E-state index is 0.0167. The van der Waals surface area contributed by atoms with Crippen LogP contribution in [0.3, 0.4) is 0 Å². The van der Waals surface area contributed by atoms with Crippen molar-refractivity contribution in [1.29, 1.82) is 0 Å². The molecule has 7 nitrogen and oxygen atoms in total. The highest BCUT2D eigenvalue weighted by Gasteiger charge is 2.31. The van der Waals surface area contributed by atoms with Crippen LogP contribution in [0, 0.1) is 5.82 Å². The van der Waals surface area contributed by atoms with Gasteiger partial charge in [0.15, 0.2) is 0 Å². The van der Waals surface area contributed by atoms with Crippen LogP contribution in [-0.4, -0.2) is 23.8 Å². The molecule has 3 N–H and O–H groups in total. The molecule has 28 heavy (non-hydrogen) atoms. The monoisotopic (exact) mass is 385 g/mol. The topological polar surface area (TPSA) is 96.5 Å². The molecule has 2 aromatic rings. The Bertz CT molecular complexity index is 912. The molecule has 1 unspecified atom stereocenters. The number of hydrogen-bond acceptors (Lipinski definition) is 4. The summed E-state index contributed by atoms with van der Waals surface area (Å²) in [6.45, 7) is 3.79. The second-order valence-electron chi connectivity index (χ2n) is 6.67. The molecule has 1 aliphatic rings. The highest BCUT2D eigenvalue weighted by Crippen LogP contribution is 2.32. The van der Waals surface area contributed by atoms with Crippen LogP contribution in [0.1, 0.15) is 42.1 Å². The van der Waals surface area contributed by atoms with Gasteiger partial charge >= 0.3 is 0 Å². The van der Waals surface area contributed by atoms with Gasteiger partial charge in [-0.15, -0.1) is 0 Å². The van der Waals surface area contributed by atoms with Crippen LogP contribution in [0.5, 0.6) is 5.75 Å². The van der Waals surface area contributed by atoms with Crippen molar-refractivity contribution >= 4 is 23.4 Å². The number of benzene rings is 2. The standard InChI is InChI=1S/C20H20FN3O4/c1-11(2)28-14-6-3-12(4-7-14)19(26)23-24-20(27)16-10-18(25)22-17-9-13(21)5-8-15(16)17/h3-9,11,16H,10H2,1-2H3,(H,22,25)(H,23,26)(H,24,27). The molecular formula is C20H20FN3O4. The normalized spacial score (nSPS) is 15.4. The molecular weight excluding hydrogens is 365 g/mol. The minimum atomic E-state index is -0.827. The van der Waals surface area contributed by atoms with E-state index in [4.69, 9.17) is 4.74 Å². The van der Waals surface area contributed by atoms with E-state index < -0.39 is 29.5 Å². The lowest BCUT2D eigenvalue weighted by atomic mass is 9.90. The fourth-order valence-corrected chi connectivity index (χ4v) is 2.91. The number of ether oxygens (including phenoxy) is 1. The summed E-state index contributed by atoms with van der Waals surface area (Å²) in [4.78, 5) is 36.5. The van der Waals surface area contributed by atoms with E-state index in [0.717, 1.165) is 6.07 Å². The molecule has 1 atom stereocenters. The molecule has 0 radical (unpaired) electrons. The number of carbonyl (C=O) groups is 3. The Morgan fingerprint density at radius 2 is 1.86 bits per heavy atom. The van der Waals surface area contributed by atoms with Gasteiger partial charge in [0.1, 0.15) is 11.6 Å². The summed E-state index contributed by atoms with van der Waals surface area (Å²) in [5.74, 6) is -2.18. The van der Waals surface area contributed by atoms with E-state index in [1.807, 2.05) is 13.8 Å². The second-order valence-corrected chi connectivity index (χ2v) is 6.67. The second kappa shape index (κ2) is 8.08. The molecule has 0 bridgehead atoms. The maximum atomic E-state index is 13.4. The van der Waals surface area contributed by atoms with Gasteiger partial charge in [0.25, 0.3) is 5.91 Å². The van der Waals surface area contributed by atoms with Gasteiger partial charge in [-0.05, 0) is 55.8 Å². The van der Waals surface area contributed by atoms with Crippen LogP contribution in [0.4, 0.5) is 10.1 Å². The van der Waals surface area contributed by atoms with Gasteiger partial charge in [-0.1, -0.05) is 6.07 Å². The van der Waals surface area contributed by atoms with Crippen LogP contribution in [0.25, 0.3) is 0 Å². The molecule has 1 heterocycles. The van der Waals surface area contributed by atoms with Gasteiger partial charge in [0.05, 0.1) is 12.0 Å². The van der Waals surface area contributed by atoms with Gasteiger partial charge in [0.2, 0.25) is 11.8 Å². The van der Waals surface area contributed by atoms with E-state index in [2.05, 4.69) is 16.2 Å². The summed E-state index contributed by atoms with van der Waals surface area (Å²) in [7, 11) is 0. The van der Waals surface area contributed by atoms with Gasteiger partial charge in [-0.3, -0.25) is 25.2 Å². The number of hydrazine groups is 1. The van der Waals surface area contributed by atoms with Crippen LogP contribution >= 0.6 is 0 Å². The van der Waals surface area contributed by atoms with E-state index >= 15 is 0 Å². The first-order valence-corrected chi connectivity index (χ1v) is 8.79. The van der Waals surface area contributed by atoms with Gasteiger partial charge in [-0.25, -0.2) is 4.39 Å². The summed E-state index contributed by atoms with van der Waals surface area (Å²) >= 11 is 0. The number of amides is 3. The van der Waals surface area contributed by atoms with Crippen molar-refractivity contribution in [3.63, 3.8) is 0 Å². The molecule has 1 aliphatic heterocycles. The Balaban J connectivity index is 1.64. The lowest BCUT2D eigenvalue weighted by molar-refractivity contribution is -0.126. The fraction of sp³-hybridized carbons (Fsp3) is 0.250. The molecule has 0 spiro atoms. The highest BCUT2D eigenvalue weighted by atomic mass is 19.1. The average molecular weight is 385 g/mol. The maximum Gasteiger partial charge on any atom is 0.269 e. The largest absolute Gasteiger partial charge is 0.491 e. The van der Waals surface area contributed by atoms with Gasteiger partial charge < -0.3 is 10.1 Å². The minimum Gasteiger partial charge on any atom is -0.491 e. The zero-order chi connectivity index (χ0) is 20.3. The number of hydrogen-bond donors (Lipinski definition) is 3. The van der Waals surface area contributed by atoms with Gasteiger partial charge in [-0.2, -0.15) is 0 Å².